The molecule has 6 heteroatoms. The number of pyridine rings is 1. The van der Waals surface area contributed by atoms with Crippen LogP contribution in [0.25, 0.3) is 0 Å². The van der Waals surface area contributed by atoms with Crippen LogP contribution in [-0.4, -0.2) is 17.0 Å². The van der Waals surface area contributed by atoms with Gasteiger partial charge in [0.05, 0.1) is 17.4 Å². The number of aromatic nitrogens is 1. The highest BCUT2D eigenvalue weighted by Crippen LogP contribution is 2.27. The van der Waals surface area contributed by atoms with Crippen LogP contribution in [-0.2, 0) is 0 Å². The van der Waals surface area contributed by atoms with Crippen LogP contribution in [0.5, 0.6) is 5.75 Å². The number of amides is 1. The highest BCUT2D eigenvalue weighted by Gasteiger charge is 2.09. The summed E-state index contributed by atoms with van der Waals surface area (Å²) in [5.74, 6) is 0.537. The Labute approximate surface area is 157 Å². The van der Waals surface area contributed by atoms with Gasteiger partial charge in [-0.2, -0.15) is 0 Å². The standard InChI is InChI=1S/C21H20FN3O2/c1-14(2)27-19-9-4-3-8-18(19)25-20-11-10-15(13-23-20)21(26)24-17-7-5-6-16(22)12-17/h3-14H,1-2H3,(H,23,25)(H,24,26). The number of rotatable bonds is 6. The Bertz CT molecular complexity index is 927. The molecule has 1 amide bonds. The number of carbonyl (C=O) groups is 1. The second kappa shape index (κ2) is 8.31. The molecule has 0 aliphatic heterocycles. The number of benzene rings is 2. The molecule has 0 fully saturated rings. The van der Waals surface area contributed by atoms with Crippen molar-refractivity contribution in [1.82, 2.24) is 4.98 Å². The fourth-order valence-electron chi connectivity index (χ4n) is 2.44. The molecule has 3 aromatic rings. The van der Waals surface area contributed by atoms with Gasteiger partial charge in [0.15, 0.2) is 0 Å². The smallest absolute Gasteiger partial charge is 0.257 e. The van der Waals surface area contributed by atoms with Crippen LogP contribution in [0, 0.1) is 5.82 Å². The van der Waals surface area contributed by atoms with Gasteiger partial charge in [-0.15, -0.1) is 0 Å². The first-order chi connectivity index (χ1) is 13.0. The van der Waals surface area contributed by atoms with Crippen molar-refractivity contribution in [2.45, 2.75) is 20.0 Å². The third-order valence-electron chi connectivity index (χ3n) is 3.62. The second-order valence-electron chi connectivity index (χ2n) is 6.18. The molecule has 0 bridgehead atoms. The Morgan fingerprint density at radius 1 is 1.07 bits per heavy atom. The maximum absolute atomic E-state index is 13.2. The van der Waals surface area contributed by atoms with Gasteiger partial charge in [0.1, 0.15) is 17.4 Å². The molecule has 0 spiro atoms. The van der Waals surface area contributed by atoms with Gasteiger partial charge < -0.3 is 15.4 Å². The molecule has 1 aromatic heterocycles. The minimum absolute atomic E-state index is 0.0507. The van der Waals surface area contributed by atoms with Gasteiger partial charge in [-0.1, -0.05) is 18.2 Å². The molecule has 138 valence electrons. The van der Waals surface area contributed by atoms with E-state index in [1.807, 2.05) is 38.1 Å². The highest BCUT2D eigenvalue weighted by molar-refractivity contribution is 6.04. The SMILES string of the molecule is CC(C)Oc1ccccc1Nc1ccc(C(=O)Nc2cccc(F)c2)cn1. The number of hydrogen-bond acceptors (Lipinski definition) is 4. The third kappa shape index (κ3) is 5.04. The Kier molecular flexibility index (Phi) is 5.66. The number of hydrogen-bond donors (Lipinski definition) is 2. The minimum Gasteiger partial charge on any atom is -0.489 e. The van der Waals surface area contributed by atoms with Gasteiger partial charge in [0.25, 0.3) is 5.91 Å². The molecule has 2 aromatic carbocycles. The largest absolute Gasteiger partial charge is 0.489 e. The van der Waals surface area contributed by atoms with Crippen molar-refractivity contribution in [2.75, 3.05) is 10.6 Å². The van der Waals surface area contributed by atoms with Gasteiger partial charge in [-0.05, 0) is 56.3 Å². The maximum atomic E-state index is 13.2. The maximum Gasteiger partial charge on any atom is 0.257 e. The average Bonchev–Trinajstić information content (AvgIpc) is 2.63. The third-order valence-corrected chi connectivity index (χ3v) is 3.62. The minimum atomic E-state index is -0.409. The van der Waals surface area contributed by atoms with Crippen molar-refractivity contribution in [3.63, 3.8) is 0 Å². The quantitative estimate of drug-likeness (QED) is 0.645. The molecule has 0 aliphatic carbocycles. The van der Waals surface area contributed by atoms with E-state index in [2.05, 4.69) is 15.6 Å². The van der Waals surface area contributed by atoms with Gasteiger partial charge in [0.2, 0.25) is 0 Å². The van der Waals surface area contributed by atoms with Crippen LogP contribution in [0.15, 0.2) is 66.9 Å². The zero-order valence-corrected chi connectivity index (χ0v) is 15.1. The van der Waals surface area contributed by atoms with Crippen molar-refractivity contribution in [3.05, 3.63) is 78.2 Å². The molecule has 0 aliphatic rings. The summed E-state index contributed by atoms with van der Waals surface area (Å²) in [5, 5.41) is 5.82. The molecule has 0 radical (unpaired) electrons. The van der Waals surface area contributed by atoms with Crippen LogP contribution >= 0.6 is 0 Å². The summed E-state index contributed by atoms with van der Waals surface area (Å²) in [5.41, 5.74) is 1.55. The fraction of sp³-hybridized carbons (Fsp3) is 0.143. The van der Waals surface area contributed by atoms with Crippen LogP contribution < -0.4 is 15.4 Å². The monoisotopic (exact) mass is 365 g/mol. The van der Waals surface area contributed by atoms with E-state index in [-0.39, 0.29) is 12.0 Å². The van der Waals surface area contributed by atoms with Crippen molar-refractivity contribution < 1.29 is 13.9 Å². The summed E-state index contributed by atoms with van der Waals surface area (Å²) in [6.45, 7) is 3.92. The summed E-state index contributed by atoms with van der Waals surface area (Å²) in [4.78, 5) is 16.5. The van der Waals surface area contributed by atoms with Crippen LogP contribution in [0.2, 0.25) is 0 Å². The predicted molar refractivity (Wildman–Crippen MR) is 104 cm³/mol. The molecule has 27 heavy (non-hydrogen) atoms. The normalized spacial score (nSPS) is 10.5. The van der Waals surface area contributed by atoms with Crippen molar-refractivity contribution in [2.24, 2.45) is 0 Å². The van der Waals surface area contributed by atoms with Gasteiger partial charge >= 0.3 is 0 Å². The van der Waals surface area contributed by atoms with E-state index < -0.39 is 5.82 Å². The molecule has 0 saturated carbocycles. The van der Waals surface area contributed by atoms with E-state index in [9.17, 15) is 9.18 Å². The van der Waals surface area contributed by atoms with E-state index in [1.165, 1.54) is 24.4 Å². The molecule has 3 rings (SSSR count). The number of halogens is 1. The lowest BCUT2D eigenvalue weighted by Crippen LogP contribution is -2.12. The first kappa shape index (κ1) is 18.4. The predicted octanol–water partition coefficient (Wildman–Crippen LogP) is 5.00. The fourth-order valence-corrected chi connectivity index (χ4v) is 2.44. The summed E-state index contributed by atoms with van der Waals surface area (Å²) in [6, 6.07) is 16.6. The zero-order valence-electron chi connectivity index (χ0n) is 15.1. The summed E-state index contributed by atoms with van der Waals surface area (Å²) in [7, 11) is 0. The Morgan fingerprint density at radius 3 is 2.59 bits per heavy atom. The molecule has 0 saturated heterocycles. The zero-order chi connectivity index (χ0) is 19.2. The lowest BCUT2D eigenvalue weighted by molar-refractivity contribution is 0.102. The van der Waals surface area contributed by atoms with Crippen LogP contribution in [0.3, 0.4) is 0 Å². The Morgan fingerprint density at radius 2 is 1.89 bits per heavy atom. The summed E-state index contributed by atoms with van der Waals surface area (Å²) in [6.07, 6.45) is 1.51. The van der Waals surface area contributed by atoms with Gasteiger partial charge in [0, 0.05) is 11.9 Å². The van der Waals surface area contributed by atoms with Crippen molar-refractivity contribution >= 4 is 23.1 Å². The molecular weight excluding hydrogens is 345 g/mol. The number of anilines is 3. The highest BCUT2D eigenvalue weighted by atomic mass is 19.1. The van der Waals surface area contributed by atoms with Crippen LogP contribution in [0.1, 0.15) is 24.2 Å². The number of ether oxygens (including phenoxy) is 1. The summed E-state index contributed by atoms with van der Waals surface area (Å²) < 4.78 is 19.0. The summed E-state index contributed by atoms with van der Waals surface area (Å²) >= 11 is 0. The van der Waals surface area contributed by atoms with E-state index >= 15 is 0 Å². The average molecular weight is 365 g/mol. The molecule has 0 atom stereocenters. The second-order valence-corrected chi connectivity index (χ2v) is 6.18. The lowest BCUT2D eigenvalue weighted by atomic mass is 10.2. The Hall–Kier alpha value is -3.41. The molecule has 0 unspecified atom stereocenters. The topological polar surface area (TPSA) is 63.2 Å². The van der Waals surface area contributed by atoms with Crippen LogP contribution in [0.4, 0.5) is 21.6 Å². The number of carbonyl (C=O) groups excluding carboxylic acids is 1. The molecule has 1 heterocycles. The van der Waals surface area contributed by atoms with E-state index in [0.29, 0.717) is 17.1 Å². The van der Waals surface area contributed by atoms with E-state index in [1.54, 1.807) is 18.2 Å². The molecule has 5 nitrogen and oxygen atoms in total. The van der Waals surface area contributed by atoms with Gasteiger partial charge in [-0.3, -0.25) is 4.79 Å². The number of nitrogens with zero attached hydrogens (tertiary/aromatic N) is 1. The first-order valence-corrected chi connectivity index (χ1v) is 8.57. The van der Waals surface area contributed by atoms with Gasteiger partial charge in [-0.25, -0.2) is 9.37 Å². The number of para-hydroxylation sites is 2. The van der Waals surface area contributed by atoms with Crippen molar-refractivity contribution in [1.29, 1.82) is 0 Å². The van der Waals surface area contributed by atoms with E-state index in [0.717, 1.165) is 11.4 Å². The molecular formula is C21H20FN3O2. The first-order valence-electron chi connectivity index (χ1n) is 8.57. The Balaban J connectivity index is 1.70. The van der Waals surface area contributed by atoms with Crippen molar-refractivity contribution in [3.8, 4) is 5.75 Å². The lowest BCUT2D eigenvalue weighted by Gasteiger charge is -2.15. The molecule has 2 N–H and O–H groups in total. The van der Waals surface area contributed by atoms with E-state index in [4.69, 9.17) is 4.74 Å². The number of nitrogens with one attached hydrogen (secondary N) is 2.